The molecule has 27 heavy (non-hydrogen) atoms. The molecule has 0 aliphatic carbocycles. The lowest BCUT2D eigenvalue weighted by molar-refractivity contribution is 0.419. The maximum Gasteiger partial charge on any atom is 0.243 e. The molecule has 6 nitrogen and oxygen atoms in total. The van der Waals surface area contributed by atoms with Crippen molar-refractivity contribution in [2.24, 2.45) is 0 Å². The van der Waals surface area contributed by atoms with Crippen LogP contribution in [-0.4, -0.2) is 36.8 Å². The molecule has 0 fully saturated rings. The summed E-state index contributed by atoms with van der Waals surface area (Å²) < 4.78 is 33.1. The number of imidazole rings is 1. The van der Waals surface area contributed by atoms with E-state index < -0.39 is 10.0 Å². The lowest BCUT2D eigenvalue weighted by Gasteiger charge is -2.18. The second kappa shape index (κ2) is 6.68. The molecule has 4 rings (SSSR count). The Hall–Kier alpha value is -2.90. The van der Waals surface area contributed by atoms with Gasteiger partial charge in [-0.3, -0.25) is 0 Å². The fourth-order valence-corrected chi connectivity index (χ4v) is 4.51. The van der Waals surface area contributed by atoms with Gasteiger partial charge in [0.1, 0.15) is 11.6 Å². The molecule has 0 amide bonds. The molecule has 1 N–H and O–H groups in total. The van der Waals surface area contributed by atoms with Crippen molar-refractivity contribution in [1.29, 1.82) is 0 Å². The number of benzene rings is 3. The van der Waals surface area contributed by atoms with E-state index in [4.69, 9.17) is 4.74 Å². The lowest BCUT2D eigenvalue weighted by Crippen LogP contribution is -2.27. The molecule has 0 radical (unpaired) electrons. The number of aromatic nitrogens is 2. The average molecular weight is 381 g/mol. The molecule has 1 heterocycles. The molecule has 4 aromatic rings. The number of aromatic amines is 1. The van der Waals surface area contributed by atoms with Crippen molar-refractivity contribution in [3.8, 4) is 5.75 Å². The Morgan fingerprint density at radius 3 is 2.44 bits per heavy atom. The van der Waals surface area contributed by atoms with E-state index in [1.54, 1.807) is 32.4 Å². The molecular formula is C20H19N3O3S. The number of nitrogens with zero attached hydrogens (tertiary/aromatic N) is 2. The topological polar surface area (TPSA) is 75.3 Å². The van der Waals surface area contributed by atoms with Crippen LogP contribution in [0.1, 0.15) is 5.82 Å². The first kappa shape index (κ1) is 17.5. The van der Waals surface area contributed by atoms with Gasteiger partial charge in [0.25, 0.3) is 0 Å². The van der Waals surface area contributed by atoms with Crippen molar-refractivity contribution in [2.75, 3.05) is 14.2 Å². The summed E-state index contributed by atoms with van der Waals surface area (Å²) in [5.41, 5.74) is 1.70. The minimum absolute atomic E-state index is 0.150. The average Bonchev–Trinajstić information content (AvgIpc) is 3.09. The molecule has 0 saturated carbocycles. The van der Waals surface area contributed by atoms with Crippen molar-refractivity contribution < 1.29 is 13.2 Å². The normalized spacial score (nSPS) is 12.1. The number of rotatable bonds is 5. The first-order chi connectivity index (χ1) is 13.0. The predicted octanol–water partition coefficient (Wildman–Crippen LogP) is 3.55. The summed E-state index contributed by atoms with van der Waals surface area (Å²) in [6, 6.07) is 18.2. The number of sulfonamides is 1. The van der Waals surface area contributed by atoms with E-state index in [0.717, 1.165) is 16.4 Å². The lowest BCUT2D eigenvalue weighted by atomic mass is 10.1. The Morgan fingerprint density at radius 2 is 1.70 bits per heavy atom. The molecule has 0 atom stereocenters. The van der Waals surface area contributed by atoms with Crippen LogP contribution in [-0.2, 0) is 16.6 Å². The Morgan fingerprint density at radius 1 is 1.00 bits per heavy atom. The summed E-state index contributed by atoms with van der Waals surface area (Å²) in [5, 5.41) is 1.39. The third-order valence-electron chi connectivity index (χ3n) is 4.56. The van der Waals surface area contributed by atoms with Crippen molar-refractivity contribution >= 4 is 31.8 Å². The molecular weight excluding hydrogens is 362 g/mol. The van der Waals surface area contributed by atoms with E-state index in [9.17, 15) is 8.42 Å². The maximum absolute atomic E-state index is 13.2. The van der Waals surface area contributed by atoms with Crippen molar-refractivity contribution in [2.45, 2.75) is 11.4 Å². The minimum atomic E-state index is -3.71. The second-order valence-corrected chi connectivity index (χ2v) is 8.29. The van der Waals surface area contributed by atoms with Crippen LogP contribution < -0.4 is 4.74 Å². The van der Waals surface area contributed by atoms with Gasteiger partial charge in [0.15, 0.2) is 0 Å². The van der Waals surface area contributed by atoms with Crippen molar-refractivity contribution in [1.82, 2.24) is 14.3 Å². The summed E-state index contributed by atoms with van der Waals surface area (Å²) in [7, 11) is -0.578. The van der Waals surface area contributed by atoms with Gasteiger partial charge >= 0.3 is 0 Å². The highest BCUT2D eigenvalue weighted by molar-refractivity contribution is 7.89. The van der Waals surface area contributed by atoms with Crippen LogP contribution in [0.25, 0.3) is 21.8 Å². The molecule has 3 aromatic carbocycles. The zero-order chi connectivity index (χ0) is 19.0. The summed E-state index contributed by atoms with van der Waals surface area (Å²) in [4.78, 5) is 7.88. The summed E-state index contributed by atoms with van der Waals surface area (Å²) in [6.07, 6.45) is 0. The van der Waals surface area contributed by atoms with Crippen molar-refractivity contribution in [3.05, 3.63) is 66.5 Å². The number of hydrogen-bond acceptors (Lipinski definition) is 4. The largest absolute Gasteiger partial charge is 0.496 e. The van der Waals surface area contributed by atoms with Crippen LogP contribution in [0.15, 0.2) is 65.6 Å². The Labute approximate surface area is 157 Å². The highest BCUT2D eigenvalue weighted by atomic mass is 32.2. The van der Waals surface area contributed by atoms with Crippen LogP contribution in [0.5, 0.6) is 5.75 Å². The Kier molecular flexibility index (Phi) is 4.33. The highest BCUT2D eigenvalue weighted by Crippen LogP contribution is 2.32. The molecule has 0 aliphatic rings. The molecule has 0 spiro atoms. The SMILES string of the molecule is COc1ccc(S(=O)(=O)N(C)Cc2nc3ccccc3[nH]2)c2ccccc12. The summed E-state index contributed by atoms with van der Waals surface area (Å²) >= 11 is 0. The van der Waals surface area contributed by atoms with Gasteiger partial charge in [-0.15, -0.1) is 0 Å². The molecule has 7 heteroatoms. The smallest absolute Gasteiger partial charge is 0.243 e. The van der Waals surface area contributed by atoms with Crippen LogP contribution in [0, 0.1) is 0 Å². The summed E-state index contributed by atoms with van der Waals surface area (Å²) in [6.45, 7) is 0.150. The molecule has 0 saturated heterocycles. The number of para-hydroxylation sites is 2. The number of nitrogens with one attached hydrogen (secondary N) is 1. The first-order valence-electron chi connectivity index (χ1n) is 8.46. The van der Waals surface area contributed by atoms with Gasteiger partial charge < -0.3 is 9.72 Å². The third-order valence-corrected chi connectivity index (χ3v) is 6.42. The van der Waals surface area contributed by atoms with E-state index in [0.29, 0.717) is 17.0 Å². The van der Waals surface area contributed by atoms with E-state index in [1.807, 2.05) is 42.5 Å². The first-order valence-corrected chi connectivity index (χ1v) is 9.90. The zero-order valence-electron chi connectivity index (χ0n) is 15.0. The maximum atomic E-state index is 13.2. The van der Waals surface area contributed by atoms with E-state index >= 15 is 0 Å². The van der Waals surface area contributed by atoms with Gasteiger partial charge in [-0.05, 0) is 24.3 Å². The van der Waals surface area contributed by atoms with E-state index in [-0.39, 0.29) is 11.4 Å². The van der Waals surface area contributed by atoms with Gasteiger partial charge in [-0.1, -0.05) is 36.4 Å². The van der Waals surface area contributed by atoms with E-state index in [2.05, 4.69) is 9.97 Å². The number of ether oxygens (including phenoxy) is 1. The quantitative estimate of drug-likeness (QED) is 0.574. The van der Waals surface area contributed by atoms with Gasteiger partial charge in [-0.25, -0.2) is 13.4 Å². The number of methoxy groups -OCH3 is 1. The molecule has 138 valence electrons. The fourth-order valence-electron chi connectivity index (χ4n) is 3.19. The van der Waals surface area contributed by atoms with Crippen LogP contribution in [0.2, 0.25) is 0 Å². The predicted molar refractivity (Wildman–Crippen MR) is 105 cm³/mol. The fraction of sp³-hybridized carbons (Fsp3) is 0.150. The Balaban J connectivity index is 1.73. The standard InChI is InChI=1S/C20H19N3O3S/c1-23(13-20-21-16-9-5-6-10-17(16)22-20)27(24,25)19-12-11-18(26-2)14-7-3-4-8-15(14)19/h3-12H,13H2,1-2H3,(H,21,22). The van der Waals surface area contributed by atoms with Gasteiger partial charge in [-0.2, -0.15) is 4.31 Å². The van der Waals surface area contributed by atoms with Gasteiger partial charge in [0.2, 0.25) is 10.0 Å². The van der Waals surface area contributed by atoms with Crippen LogP contribution in [0.4, 0.5) is 0 Å². The third kappa shape index (κ3) is 3.05. The highest BCUT2D eigenvalue weighted by Gasteiger charge is 2.25. The molecule has 0 unspecified atom stereocenters. The Bertz CT molecular complexity index is 1200. The summed E-state index contributed by atoms with van der Waals surface area (Å²) in [5.74, 6) is 1.24. The zero-order valence-corrected chi connectivity index (χ0v) is 15.8. The minimum Gasteiger partial charge on any atom is -0.496 e. The van der Waals surface area contributed by atoms with Gasteiger partial charge in [0.05, 0.1) is 29.6 Å². The number of H-pyrrole nitrogens is 1. The van der Waals surface area contributed by atoms with Crippen LogP contribution >= 0.6 is 0 Å². The molecule has 1 aromatic heterocycles. The number of fused-ring (bicyclic) bond motifs is 2. The van der Waals surface area contributed by atoms with Crippen molar-refractivity contribution in [3.63, 3.8) is 0 Å². The second-order valence-electron chi connectivity index (χ2n) is 6.27. The van der Waals surface area contributed by atoms with E-state index in [1.165, 1.54) is 4.31 Å². The molecule has 0 aliphatic heterocycles. The molecule has 0 bridgehead atoms. The van der Waals surface area contributed by atoms with Gasteiger partial charge in [0, 0.05) is 17.8 Å². The monoisotopic (exact) mass is 381 g/mol. The number of hydrogen-bond donors (Lipinski definition) is 1. The van der Waals surface area contributed by atoms with Crippen LogP contribution in [0.3, 0.4) is 0 Å².